The van der Waals surface area contributed by atoms with Gasteiger partial charge in [-0.25, -0.2) is 4.39 Å². The molecule has 0 spiro atoms. The van der Waals surface area contributed by atoms with Gasteiger partial charge in [0.15, 0.2) is 29.4 Å². The molecular weight excluding hydrogens is 407 g/mol. The monoisotopic (exact) mass is 432 g/mol. The van der Waals surface area contributed by atoms with E-state index in [1.165, 1.54) is 31.2 Å². The van der Waals surface area contributed by atoms with E-state index in [-0.39, 0.29) is 12.2 Å². The Morgan fingerprint density at radius 3 is 2.58 bits per heavy atom. The van der Waals surface area contributed by atoms with Gasteiger partial charge in [0.2, 0.25) is 5.78 Å². The number of rotatable bonds is 3. The molecule has 0 aromatic heterocycles. The fourth-order valence-electron chi connectivity index (χ4n) is 6.21. The maximum Gasteiger partial charge on any atom is 0.303 e. The van der Waals surface area contributed by atoms with E-state index in [0.717, 1.165) is 6.92 Å². The predicted octanol–water partition coefficient (Wildman–Crippen LogP) is 1.18. The van der Waals surface area contributed by atoms with E-state index in [2.05, 4.69) is 0 Å². The molecule has 4 aliphatic rings. The molecular formula is C23H25FO7. The number of aliphatic hydroxyl groups is 2. The molecule has 31 heavy (non-hydrogen) atoms. The van der Waals surface area contributed by atoms with Crippen LogP contribution in [0.2, 0.25) is 0 Å². The fraction of sp³-hybridized carbons (Fsp3) is 0.565. The lowest BCUT2D eigenvalue weighted by molar-refractivity contribution is -0.187. The molecule has 2 saturated carbocycles. The summed E-state index contributed by atoms with van der Waals surface area (Å²) in [5.41, 5.74) is -7.23. The largest absolute Gasteiger partial charge is 0.458 e. The molecule has 0 saturated heterocycles. The Hall–Kier alpha value is -2.45. The van der Waals surface area contributed by atoms with E-state index >= 15 is 4.39 Å². The standard InChI is InChI=1S/C23H25FO7/c1-12(25)31-11-19(29)23(30)17(27)9-16-15-5-4-13-8-14(26)6-7-20(13,2)22(15,24)18(28)10-21(16,23)3/h4-8,15-17,27,30H,9-11H2,1-3H3/t15-,16-,17?,20-,21-,22-,23-/m0/s1. The van der Waals surface area contributed by atoms with Gasteiger partial charge < -0.3 is 14.9 Å². The van der Waals surface area contributed by atoms with E-state index in [1.54, 1.807) is 13.0 Å². The lowest BCUT2D eigenvalue weighted by Gasteiger charge is -2.57. The second-order valence-corrected chi connectivity index (χ2v) is 9.48. The number of carbonyl (C=O) groups excluding carboxylic acids is 4. The summed E-state index contributed by atoms with van der Waals surface area (Å²) in [4.78, 5) is 49.2. The molecule has 0 amide bonds. The minimum atomic E-state index is -2.40. The zero-order chi connectivity index (χ0) is 23.0. The van der Waals surface area contributed by atoms with Crippen molar-refractivity contribution in [1.82, 2.24) is 0 Å². The number of hydrogen-bond donors (Lipinski definition) is 2. The first-order chi connectivity index (χ1) is 14.3. The van der Waals surface area contributed by atoms with Gasteiger partial charge >= 0.3 is 5.97 Å². The van der Waals surface area contributed by atoms with Crippen LogP contribution in [0.5, 0.6) is 0 Å². The molecule has 0 radical (unpaired) electrons. The number of halogens is 1. The summed E-state index contributed by atoms with van der Waals surface area (Å²) in [6, 6.07) is 0. The van der Waals surface area contributed by atoms with Gasteiger partial charge in [0.1, 0.15) is 0 Å². The number of fused-ring (bicyclic) bond motifs is 5. The van der Waals surface area contributed by atoms with Crippen LogP contribution in [0.3, 0.4) is 0 Å². The van der Waals surface area contributed by atoms with E-state index in [0.29, 0.717) is 5.57 Å². The summed E-state index contributed by atoms with van der Waals surface area (Å²) in [7, 11) is 0. The SMILES string of the molecule is CC(=O)OCC(=O)[C@@]1(O)C(O)C[C@H]2[C@@H]3C=CC4=CC(=O)C=C[C@]4(C)[C@@]3(F)C(=O)C[C@@]21C. The predicted molar refractivity (Wildman–Crippen MR) is 105 cm³/mol. The molecule has 8 heteroatoms. The van der Waals surface area contributed by atoms with Crippen molar-refractivity contribution in [2.75, 3.05) is 6.61 Å². The van der Waals surface area contributed by atoms with Crippen molar-refractivity contribution >= 4 is 23.3 Å². The van der Waals surface area contributed by atoms with Crippen molar-refractivity contribution in [3.05, 3.63) is 36.0 Å². The number of alkyl halides is 1. The second-order valence-electron chi connectivity index (χ2n) is 9.48. The van der Waals surface area contributed by atoms with Crippen LogP contribution in [-0.4, -0.2) is 57.5 Å². The third kappa shape index (κ3) is 2.52. The van der Waals surface area contributed by atoms with Crippen LogP contribution >= 0.6 is 0 Å². The molecule has 7 atom stereocenters. The number of ether oxygens (including phenoxy) is 1. The number of Topliss-reactive ketones (excluding diaryl/α,β-unsaturated/α-hetero) is 2. The van der Waals surface area contributed by atoms with Crippen molar-refractivity contribution in [3.8, 4) is 0 Å². The highest BCUT2D eigenvalue weighted by Crippen LogP contribution is 2.67. The lowest BCUT2D eigenvalue weighted by atomic mass is 9.47. The molecule has 2 N–H and O–H groups in total. The van der Waals surface area contributed by atoms with Gasteiger partial charge in [0.25, 0.3) is 0 Å². The normalized spacial score (nSPS) is 45.5. The molecule has 1 unspecified atom stereocenters. The topological polar surface area (TPSA) is 118 Å². The van der Waals surface area contributed by atoms with Gasteiger partial charge in [-0.05, 0) is 37.0 Å². The van der Waals surface area contributed by atoms with Crippen LogP contribution < -0.4 is 0 Å². The molecule has 0 aromatic carbocycles. The van der Waals surface area contributed by atoms with E-state index in [9.17, 15) is 29.4 Å². The maximum absolute atomic E-state index is 16.8. The van der Waals surface area contributed by atoms with Crippen LogP contribution in [0.15, 0.2) is 36.0 Å². The van der Waals surface area contributed by atoms with Crippen molar-refractivity contribution in [2.24, 2.45) is 22.7 Å². The first kappa shape index (κ1) is 21.8. The third-order valence-corrected chi connectivity index (χ3v) is 8.02. The Morgan fingerprint density at radius 1 is 1.26 bits per heavy atom. The van der Waals surface area contributed by atoms with Crippen LogP contribution in [-0.2, 0) is 23.9 Å². The molecule has 0 bridgehead atoms. The Bertz CT molecular complexity index is 996. The number of carbonyl (C=O) groups is 4. The number of aliphatic hydroxyl groups excluding tert-OH is 1. The van der Waals surface area contributed by atoms with Crippen molar-refractivity contribution in [1.29, 1.82) is 0 Å². The van der Waals surface area contributed by atoms with Gasteiger partial charge in [-0.2, -0.15) is 0 Å². The number of hydrogen-bond acceptors (Lipinski definition) is 7. The van der Waals surface area contributed by atoms with Crippen LogP contribution in [0.25, 0.3) is 0 Å². The summed E-state index contributed by atoms with van der Waals surface area (Å²) < 4.78 is 21.5. The summed E-state index contributed by atoms with van der Waals surface area (Å²) in [5, 5.41) is 22.1. The maximum atomic E-state index is 16.8. The second kappa shape index (κ2) is 6.53. The van der Waals surface area contributed by atoms with Crippen molar-refractivity contribution < 1.29 is 38.5 Å². The van der Waals surface area contributed by atoms with Gasteiger partial charge in [0, 0.05) is 24.7 Å². The zero-order valence-electron chi connectivity index (χ0n) is 17.6. The van der Waals surface area contributed by atoms with Gasteiger partial charge in [-0.3, -0.25) is 19.2 Å². The molecule has 4 rings (SSSR count). The zero-order valence-corrected chi connectivity index (χ0v) is 17.6. The highest BCUT2D eigenvalue weighted by atomic mass is 19.1. The average molecular weight is 432 g/mol. The quantitative estimate of drug-likeness (QED) is 0.643. The summed E-state index contributed by atoms with van der Waals surface area (Å²) in [5.74, 6) is -4.51. The lowest BCUT2D eigenvalue weighted by Crippen LogP contribution is -2.67. The third-order valence-electron chi connectivity index (χ3n) is 8.02. The Labute approximate surface area is 178 Å². The van der Waals surface area contributed by atoms with Crippen LogP contribution in [0.4, 0.5) is 4.39 Å². The minimum absolute atomic E-state index is 0.107. The van der Waals surface area contributed by atoms with Crippen LogP contribution in [0, 0.1) is 22.7 Å². The van der Waals surface area contributed by atoms with Gasteiger partial charge in [-0.1, -0.05) is 25.2 Å². The Balaban J connectivity index is 1.81. The highest BCUT2D eigenvalue weighted by Gasteiger charge is 2.76. The number of esters is 1. The van der Waals surface area contributed by atoms with Crippen molar-refractivity contribution in [2.45, 2.75) is 51.0 Å². The first-order valence-corrected chi connectivity index (χ1v) is 10.2. The molecule has 0 heterocycles. The molecule has 166 valence electrons. The number of ketones is 3. The highest BCUT2D eigenvalue weighted by molar-refractivity contribution is 6.03. The Morgan fingerprint density at radius 2 is 1.94 bits per heavy atom. The van der Waals surface area contributed by atoms with E-state index in [1.807, 2.05) is 0 Å². The fourth-order valence-corrected chi connectivity index (χ4v) is 6.21. The molecule has 7 nitrogen and oxygen atoms in total. The molecule has 4 aliphatic carbocycles. The van der Waals surface area contributed by atoms with E-state index < -0.39 is 70.6 Å². The molecule has 0 aliphatic heterocycles. The summed E-state index contributed by atoms with van der Waals surface area (Å²) >= 11 is 0. The first-order valence-electron chi connectivity index (χ1n) is 10.2. The smallest absolute Gasteiger partial charge is 0.303 e. The van der Waals surface area contributed by atoms with Gasteiger partial charge in [0.05, 0.1) is 11.5 Å². The summed E-state index contributed by atoms with van der Waals surface area (Å²) in [6.07, 6.45) is 4.92. The minimum Gasteiger partial charge on any atom is -0.458 e. The molecule has 0 aromatic rings. The average Bonchev–Trinajstić information content (AvgIpc) is 2.89. The summed E-state index contributed by atoms with van der Waals surface area (Å²) in [6.45, 7) is 3.41. The van der Waals surface area contributed by atoms with Crippen molar-refractivity contribution in [3.63, 3.8) is 0 Å². The molecule has 2 fully saturated rings. The van der Waals surface area contributed by atoms with E-state index in [4.69, 9.17) is 4.74 Å². The Kier molecular flexibility index (Phi) is 4.58. The number of allylic oxidation sites excluding steroid dienone is 6. The van der Waals surface area contributed by atoms with Gasteiger partial charge in [-0.15, -0.1) is 0 Å². The van der Waals surface area contributed by atoms with Crippen LogP contribution in [0.1, 0.15) is 33.6 Å².